The summed E-state index contributed by atoms with van der Waals surface area (Å²) in [5.74, 6) is -0.987. The van der Waals surface area contributed by atoms with E-state index in [0.29, 0.717) is 27.1 Å². The van der Waals surface area contributed by atoms with Crippen molar-refractivity contribution in [2.24, 2.45) is 0 Å². The van der Waals surface area contributed by atoms with E-state index >= 15 is 0 Å². The Labute approximate surface area is 368 Å². The largest absolute Gasteiger partial charge is 0.488 e. The summed E-state index contributed by atoms with van der Waals surface area (Å²) < 4.78 is 43.1. The number of halogens is 4. The Balaban J connectivity index is 0.000000215. The third-order valence-electron chi connectivity index (χ3n) is 8.73. The van der Waals surface area contributed by atoms with Gasteiger partial charge in [0.2, 0.25) is 11.9 Å². The van der Waals surface area contributed by atoms with Crippen LogP contribution in [-0.4, -0.2) is 45.8 Å². The average Bonchev–Trinajstić information content (AvgIpc) is 3.23. The summed E-state index contributed by atoms with van der Waals surface area (Å²) in [5, 5.41) is 6.83. The number of hydrogen-bond donors (Lipinski definition) is 3. The minimum absolute atomic E-state index is 0.0133. The second-order valence-electron chi connectivity index (χ2n) is 14.4. The maximum atomic E-state index is 14.5. The molecule has 0 amide bonds. The number of H-pyrrole nitrogens is 1. The Kier molecular flexibility index (Phi) is 14.9. The molecule has 3 aromatic heterocycles. The first-order valence-electron chi connectivity index (χ1n) is 19.4. The fourth-order valence-corrected chi connectivity index (χ4v) is 6.15. The number of aromatic nitrogens is 7. The lowest BCUT2D eigenvalue weighted by atomic mass is 10.2. The predicted octanol–water partition coefficient (Wildman–Crippen LogP) is 7.52. The molecule has 15 nitrogen and oxygen atoms in total. The number of anilines is 4. The van der Waals surface area contributed by atoms with Crippen LogP contribution in [0.5, 0.6) is 11.5 Å². The summed E-state index contributed by atoms with van der Waals surface area (Å²) in [6.07, 6.45) is 1.21. The van der Waals surface area contributed by atoms with Gasteiger partial charge in [-0.3, -0.25) is 19.1 Å². The van der Waals surface area contributed by atoms with Gasteiger partial charge in [-0.05, 0) is 99.5 Å². The maximum absolute atomic E-state index is 14.5. The van der Waals surface area contributed by atoms with Gasteiger partial charge in [-0.2, -0.15) is 9.97 Å². The predicted molar refractivity (Wildman–Crippen MR) is 237 cm³/mol. The van der Waals surface area contributed by atoms with Crippen molar-refractivity contribution in [3.05, 3.63) is 190 Å². The highest BCUT2D eigenvalue weighted by atomic mass is 35.5. The molecule has 7 rings (SSSR count). The number of aromatic amines is 1. The number of ether oxygens (including phenoxy) is 2. The van der Waals surface area contributed by atoms with E-state index in [9.17, 15) is 28.0 Å². The summed E-state index contributed by atoms with van der Waals surface area (Å²) in [6.45, 7) is 7.38. The van der Waals surface area contributed by atoms with E-state index in [1.807, 2.05) is 0 Å². The molecule has 19 heteroatoms. The Hall–Kier alpha value is -7.11. The topological polar surface area (TPSA) is 180 Å². The van der Waals surface area contributed by atoms with E-state index in [4.69, 9.17) is 32.7 Å². The molecule has 0 bridgehead atoms. The van der Waals surface area contributed by atoms with Gasteiger partial charge in [-0.1, -0.05) is 53.5 Å². The molecule has 0 aliphatic carbocycles. The fourth-order valence-electron chi connectivity index (χ4n) is 5.90. The van der Waals surface area contributed by atoms with Gasteiger partial charge in [0, 0.05) is 39.7 Å². The molecule has 3 N–H and O–H groups in total. The van der Waals surface area contributed by atoms with E-state index in [0.717, 1.165) is 15.7 Å². The van der Waals surface area contributed by atoms with Crippen molar-refractivity contribution < 1.29 is 18.3 Å². The zero-order valence-electron chi connectivity index (χ0n) is 34.3. The van der Waals surface area contributed by atoms with E-state index in [1.165, 1.54) is 33.4 Å². The molecule has 0 radical (unpaired) electrons. The zero-order valence-corrected chi connectivity index (χ0v) is 35.8. The number of nitrogens with one attached hydrogen (secondary N) is 3. The number of rotatable bonds is 14. The molecule has 0 atom stereocenters. The Bertz CT molecular complexity index is 2930. The van der Waals surface area contributed by atoms with Gasteiger partial charge < -0.3 is 20.1 Å². The smallest absolute Gasteiger partial charge is 0.355 e. The lowest BCUT2D eigenvalue weighted by Gasteiger charge is -2.16. The summed E-state index contributed by atoms with van der Waals surface area (Å²) in [5.41, 5.74) is -0.100. The van der Waals surface area contributed by atoms with Gasteiger partial charge in [0.15, 0.2) is 23.1 Å². The summed E-state index contributed by atoms with van der Waals surface area (Å²) in [6, 6.07) is 27.6. The van der Waals surface area contributed by atoms with Crippen LogP contribution in [0.1, 0.15) is 44.5 Å². The van der Waals surface area contributed by atoms with Gasteiger partial charge in [0.05, 0.1) is 37.5 Å². The first-order valence-corrected chi connectivity index (χ1v) is 20.2. The first kappa shape index (κ1) is 45.4. The van der Waals surface area contributed by atoms with Gasteiger partial charge >= 0.3 is 22.8 Å². The maximum Gasteiger partial charge on any atom is 0.355 e. The van der Waals surface area contributed by atoms with E-state index in [-0.39, 0.29) is 55.2 Å². The third-order valence-corrected chi connectivity index (χ3v) is 9.23. The molecule has 0 spiro atoms. The number of hydrogen-bond acceptors (Lipinski definition) is 11. The van der Waals surface area contributed by atoms with Crippen molar-refractivity contribution in [2.75, 3.05) is 10.6 Å². The molecule has 63 heavy (non-hydrogen) atoms. The summed E-state index contributed by atoms with van der Waals surface area (Å²) >= 11 is 11.9. The molecule has 7 aromatic rings. The van der Waals surface area contributed by atoms with Crippen LogP contribution in [0.3, 0.4) is 0 Å². The molecule has 0 fully saturated rings. The van der Waals surface area contributed by atoms with E-state index in [2.05, 4.69) is 30.6 Å². The van der Waals surface area contributed by atoms with Crippen LogP contribution in [0.15, 0.2) is 129 Å². The summed E-state index contributed by atoms with van der Waals surface area (Å²) in [7, 11) is 0. The van der Waals surface area contributed by atoms with Crippen LogP contribution < -0.4 is 42.9 Å². The highest BCUT2D eigenvalue weighted by Gasteiger charge is 2.17. The first-order chi connectivity index (χ1) is 30.1. The normalized spacial score (nSPS) is 11.0. The van der Waals surface area contributed by atoms with Crippen LogP contribution in [-0.2, 0) is 19.6 Å². The van der Waals surface area contributed by atoms with Gasteiger partial charge in [0.1, 0.15) is 0 Å². The van der Waals surface area contributed by atoms with Gasteiger partial charge in [0.25, 0.3) is 0 Å². The molecule has 0 unspecified atom stereocenters. The van der Waals surface area contributed by atoms with Crippen LogP contribution in [0.2, 0.25) is 10.0 Å². The van der Waals surface area contributed by atoms with E-state index in [1.54, 1.807) is 113 Å². The Morgan fingerprint density at radius 1 is 0.635 bits per heavy atom. The molecular weight excluding hydrogens is 859 g/mol. The molecule has 0 saturated carbocycles. The van der Waals surface area contributed by atoms with Crippen molar-refractivity contribution in [3.8, 4) is 11.5 Å². The van der Waals surface area contributed by atoms with Crippen molar-refractivity contribution in [2.45, 2.75) is 59.5 Å². The lowest BCUT2D eigenvalue weighted by Crippen LogP contribution is -2.43. The molecule has 3 heterocycles. The molecule has 326 valence electrons. The lowest BCUT2D eigenvalue weighted by molar-refractivity contribution is 0.231. The average molecular weight is 901 g/mol. The van der Waals surface area contributed by atoms with Crippen molar-refractivity contribution >= 4 is 46.5 Å². The van der Waals surface area contributed by atoms with Crippen LogP contribution >= 0.6 is 23.2 Å². The zero-order chi connectivity index (χ0) is 45.2. The Morgan fingerprint density at radius 3 is 1.62 bits per heavy atom. The Morgan fingerprint density at radius 2 is 1.14 bits per heavy atom. The third kappa shape index (κ3) is 12.5. The molecular formula is C44H41Cl2F2N9O6. The van der Waals surface area contributed by atoms with Crippen LogP contribution in [0.25, 0.3) is 0 Å². The standard InChI is InChI=1S/C25H23ClFN5O3.C19H18ClFN4O3/c1-16(2)35-22-11-10-19(13-21(22)27)29-23-30-24(33)32(15-20-5-3-4-12-28-20)25(34)31(23)14-17-6-8-18(26)9-7-17;1-11(2)28-16-8-7-14(9-15(16)21)22-17-23-18(26)24-19(27)25(17)10-12-3-5-13(20)6-4-12/h3-13,16H,14-15H2,1-2H3,(H,29,30,33);3-9,11H,10H2,1-2H3,(H2,22,23,24,26,27). The van der Waals surface area contributed by atoms with Crippen molar-refractivity contribution in [1.82, 2.24) is 33.6 Å². The highest BCUT2D eigenvalue weighted by molar-refractivity contribution is 6.30. The number of benzene rings is 4. The second kappa shape index (κ2) is 20.6. The fraction of sp³-hybridized carbons (Fsp3) is 0.205. The van der Waals surface area contributed by atoms with Gasteiger partial charge in [-0.25, -0.2) is 32.5 Å². The monoisotopic (exact) mass is 899 g/mol. The quantitative estimate of drug-likeness (QED) is 0.0983. The van der Waals surface area contributed by atoms with Crippen molar-refractivity contribution in [3.63, 3.8) is 0 Å². The SMILES string of the molecule is CC(C)Oc1ccc(Nc2nc(=O)[nH]c(=O)n2Cc2ccc(Cl)cc2)cc1F.CC(C)Oc1ccc(Nc2nc(=O)n(Cc3ccccn3)c(=O)n2Cc2ccc(Cl)cc2)cc1F. The molecule has 0 saturated heterocycles. The van der Waals surface area contributed by atoms with Crippen LogP contribution in [0.4, 0.5) is 32.1 Å². The van der Waals surface area contributed by atoms with Crippen molar-refractivity contribution in [1.29, 1.82) is 0 Å². The van der Waals surface area contributed by atoms with Crippen LogP contribution in [0, 0.1) is 11.6 Å². The highest BCUT2D eigenvalue weighted by Crippen LogP contribution is 2.25. The summed E-state index contributed by atoms with van der Waals surface area (Å²) in [4.78, 5) is 64.4. The minimum Gasteiger partial charge on any atom is -0.488 e. The van der Waals surface area contributed by atoms with Gasteiger partial charge in [-0.15, -0.1) is 0 Å². The van der Waals surface area contributed by atoms with E-state index < -0.39 is 34.4 Å². The number of nitrogens with zero attached hydrogens (tertiary/aromatic N) is 6. The second-order valence-corrected chi connectivity index (χ2v) is 15.3. The number of pyridine rings is 1. The molecule has 0 aliphatic heterocycles. The molecule has 4 aromatic carbocycles. The molecule has 0 aliphatic rings. The minimum atomic E-state index is -0.805.